The first-order valence-electron chi connectivity index (χ1n) is 64.6. The van der Waals surface area contributed by atoms with E-state index >= 15 is 0 Å². The van der Waals surface area contributed by atoms with Gasteiger partial charge in [0.2, 0.25) is 0 Å². The Labute approximate surface area is 919 Å². The lowest BCUT2D eigenvalue weighted by atomic mass is 10.0. The molecule has 0 radical (unpaired) electrons. The predicted molar refractivity (Wildman–Crippen MR) is 629 cm³/mol. The lowest BCUT2D eigenvalue weighted by Gasteiger charge is -2.05. The molecule has 21 heteroatoms. The summed E-state index contributed by atoms with van der Waals surface area (Å²) in [6, 6.07) is 0. The molecule has 21 nitrogen and oxygen atoms in total. The highest BCUT2D eigenvalue weighted by Crippen LogP contribution is 2.24. The van der Waals surface area contributed by atoms with E-state index in [1.165, 1.54) is 546 Å². The van der Waals surface area contributed by atoms with Gasteiger partial charge in [0.15, 0.2) is 42.7 Å². The number of aliphatic hydroxyl groups excluding tert-OH is 7. The van der Waals surface area contributed by atoms with Crippen LogP contribution in [-0.2, 0) is 33.6 Å². The Morgan fingerprint density at radius 2 is 0.148 bits per heavy atom. The SMILES string of the molecule is CCCCCCCCCCC(O)C(=O)O.CCCCCCCCCCCCC(O)C(=O)O.CCCCCCCCCCCCCCC(O)C(=O)O.CCCCCCCCCCCCCCCCC(O)C(=O)O.CCCCCCCCCCCCCCCCCCC(O)C(=O)O.CCCCCCCCCCCCCCCCCCCCC(O)C(=O)O.CCCCCCCCCCCCCCCCCCCCCCCCC(O)C(=O)O. The molecule has 0 saturated heterocycles. The molecule has 0 aliphatic carbocycles. The normalized spacial score (nSPS) is 12.5. The number of hydrogen-bond donors (Lipinski definition) is 14. The first-order valence-corrected chi connectivity index (χ1v) is 64.6. The van der Waals surface area contributed by atoms with Crippen molar-refractivity contribution in [2.45, 2.75) is 778 Å². The van der Waals surface area contributed by atoms with Crippen LogP contribution in [0.5, 0.6) is 0 Å². The van der Waals surface area contributed by atoms with Gasteiger partial charge in [-0.3, -0.25) is 0 Å². The standard InChI is InChI=1S/C26H52O3.C22H44O3.C20H40O3.C18H36O3.C16H32O3.C14H28O3.C12H24O3/c1-2-3-4-5-6-7-8-9-10-11-12-13-14-15-16-17-18-19-20-21-22-23-24-25(27)26(28)29;1-2-3-4-5-6-7-8-9-10-11-12-13-14-15-16-17-18-19-20-21(23)22(24)25;1-2-3-4-5-6-7-8-9-10-11-12-13-14-15-16-17-18-19(21)20(22)23;1-2-3-4-5-6-7-8-9-10-11-12-13-14-15-16-17(19)18(20)21;1-2-3-4-5-6-7-8-9-10-11-12-13-14-15(17)16(18)19;1-2-3-4-5-6-7-8-9-10-11-12-13(15)14(16)17;1-2-3-4-5-6-7-8-9-10-11(13)12(14)15/h25,27H,2-24H2,1H3,(H,28,29);21,23H,2-20H2,1H3,(H,24,25);19,21H,2-18H2,1H3,(H,22,23);17,19H,2-16H2,1H3,(H,20,21);15,17H,2-14H2,1H3,(H,18,19);13,15H,2-12H2,1H3,(H,16,17);11,13H,2-10H2,1H3,(H,14,15). The Balaban J connectivity index is -0.000000319. The Morgan fingerprint density at radius 1 is 0.101 bits per heavy atom. The molecule has 0 spiro atoms. The molecule has 0 bridgehead atoms. The first-order chi connectivity index (χ1) is 72.3. The van der Waals surface area contributed by atoms with Gasteiger partial charge < -0.3 is 71.5 Å². The topological polar surface area (TPSA) is 403 Å². The van der Waals surface area contributed by atoms with Gasteiger partial charge in [-0.05, 0) is 44.9 Å². The average Bonchev–Trinajstić information content (AvgIpc) is 1.04. The smallest absolute Gasteiger partial charge is 0.332 e. The van der Waals surface area contributed by atoms with Crippen molar-refractivity contribution < 1.29 is 105 Å². The highest BCUT2D eigenvalue weighted by atomic mass is 16.4. The maximum Gasteiger partial charge on any atom is 0.332 e. The van der Waals surface area contributed by atoms with Gasteiger partial charge in [0.1, 0.15) is 0 Å². The highest BCUT2D eigenvalue weighted by molar-refractivity contribution is 5.73. The van der Waals surface area contributed by atoms with Crippen molar-refractivity contribution in [1.29, 1.82) is 0 Å². The lowest BCUT2D eigenvalue weighted by molar-refractivity contribution is -0.147. The zero-order chi connectivity index (χ0) is 112. The zero-order valence-electron chi connectivity index (χ0n) is 99.3. The minimum atomic E-state index is -1.17. The summed E-state index contributed by atoms with van der Waals surface area (Å²) in [5.41, 5.74) is 0. The molecule has 14 N–H and O–H groups in total. The van der Waals surface area contributed by atoms with Gasteiger partial charge >= 0.3 is 41.8 Å². The summed E-state index contributed by atoms with van der Waals surface area (Å²) in [5.74, 6) is -7.65. The van der Waals surface area contributed by atoms with Crippen molar-refractivity contribution in [3.8, 4) is 0 Å². The third-order valence-electron chi connectivity index (χ3n) is 29.3. The van der Waals surface area contributed by atoms with Crippen LogP contribution in [0.25, 0.3) is 0 Å². The minimum Gasteiger partial charge on any atom is -0.479 e. The fourth-order valence-electron chi connectivity index (χ4n) is 18.9. The summed E-state index contributed by atoms with van der Waals surface area (Å²) in [5, 5.41) is 123. The number of aliphatic carboxylic acids is 7. The molecule has 0 fully saturated rings. The third-order valence-corrected chi connectivity index (χ3v) is 29.3. The van der Waals surface area contributed by atoms with Crippen molar-refractivity contribution in [2.75, 3.05) is 0 Å². The van der Waals surface area contributed by atoms with Gasteiger partial charge in [0.25, 0.3) is 0 Å². The molecule has 0 aromatic carbocycles. The van der Waals surface area contributed by atoms with E-state index < -0.39 is 84.5 Å². The summed E-state index contributed by atoms with van der Waals surface area (Å²) in [4.78, 5) is 72.8. The van der Waals surface area contributed by atoms with Gasteiger partial charge in [0.05, 0.1) is 0 Å². The first kappa shape index (κ1) is 158. The Morgan fingerprint density at radius 3 is 0.195 bits per heavy atom. The van der Waals surface area contributed by atoms with Crippen molar-refractivity contribution in [1.82, 2.24) is 0 Å². The van der Waals surface area contributed by atoms with Crippen LogP contribution in [-0.4, -0.2) is 156 Å². The summed E-state index contributed by atoms with van der Waals surface area (Å²) < 4.78 is 0. The van der Waals surface area contributed by atoms with Crippen LogP contribution >= 0.6 is 0 Å². The van der Waals surface area contributed by atoms with E-state index in [4.69, 9.17) is 66.4 Å². The van der Waals surface area contributed by atoms with Crippen molar-refractivity contribution in [3.05, 3.63) is 0 Å². The second-order valence-corrected chi connectivity index (χ2v) is 44.4. The number of hydrogen-bond acceptors (Lipinski definition) is 14. The number of carbonyl (C=O) groups is 7. The van der Waals surface area contributed by atoms with Crippen molar-refractivity contribution >= 4 is 41.8 Å². The number of carboxylic acid groups (broad SMARTS) is 7. The number of unbranched alkanes of at least 4 members (excludes halogenated alkanes) is 93. The zero-order valence-corrected chi connectivity index (χ0v) is 99.3. The Hall–Kier alpha value is -3.99. The summed E-state index contributed by atoms with van der Waals surface area (Å²) >= 11 is 0. The molecular weight excluding hydrogens is 1870 g/mol. The average molecular weight is 2130 g/mol. The molecule has 894 valence electrons. The molecule has 7 atom stereocenters. The minimum absolute atomic E-state index is 0.393. The van der Waals surface area contributed by atoms with E-state index in [9.17, 15) is 38.7 Å². The van der Waals surface area contributed by atoms with Crippen molar-refractivity contribution in [2.24, 2.45) is 0 Å². The van der Waals surface area contributed by atoms with Gasteiger partial charge in [0, 0.05) is 0 Å². The molecule has 0 saturated carbocycles. The molecule has 0 heterocycles. The summed E-state index contributed by atoms with van der Waals surface area (Å²) in [7, 11) is 0. The summed E-state index contributed by atoms with van der Waals surface area (Å²) in [6.07, 6.45) is 124. The number of rotatable bonds is 114. The van der Waals surface area contributed by atoms with Gasteiger partial charge in [-0.1, -0.05) is 691 Å². The number of carboxylic acids is 7. The maximum absolute atomic E-state index is 10.5. The Bertz CT molecular complexity index is 2580. The van der Waals surface area contributed by atoms with Crippen LogP contribution in [0.15, 0.2) is 0 Å². The van der Waals surface area contributed by atoms with E-state index in [1.54, 1.807) is 0 Å². The molecule has 7 unspecified atom stereocenters. The van der Waals surface area contributed by atoms with E-state index in [0.29, 0.717) is 44.9 Å². The van der Waals surface area contributed by atoms with Gasteiger partial charge in [-0.15, -0.1) is 0 Å². The monoisotopic (exact) mass is 2130 g/mol. The van der Waals surface area contributed by atoms with Crippen LogP contribution in [0.1, 0.15) is 735 Å². The highest BCUT2D eigenvalue weighted by Gasteiger charge is 2.18. The van der Waals surface area contributed by atoms with Crippen LogP contribution < -0.4 is 0 Å². The van der Waals surface area contributed by atoms with Crippen molar-refractivity contribution in [3.63, 3.8) is 0 Å². The van der Waals surface area contributed by atoms with Gasteiger partial charge in [-0.25, -0.2) is 33.6 Å². The van der Waals surface area contributed by atoms with E-state index in [-0.39, 0.29) is 0 Å². The molecule has 149 heavy (non-hydrogen) atoms. The van der Waals surface area contributed by atoms with Gasteiger partial charge in [-0.2, -0.15) is 0 Å². The molecular formula is C128H256O21. The quantitative estimate of drug-likeness (QED) is 0.0252. The number of aliphatic hydroxyl groups is 7. The third kappa shape index (κ3) is 152. The Kier molecular flexibility index (Phi) is 148. The second kappa shape index (κ2) is 140. The van der Waals surface area contributed by atoms with E-state index in [2.05, 4.69) is 48.5 Å². The molecule has 0 rings (SSSR count). The second-order valence-electron chi connectivity index (χ2n) is 44.4. The molecule has 0 aromatic rings. The summed E-state index contributed by atoms with van der Waals surface area (Å²) in [6.45, 7) is 15.8. The molecule has 0 aliphatic heterocycles. The largest absolute Gasteiger partial charge is 0.479 e. The predicted octanol–water partition coefficient (Wildman–Crippen LogP) is 37.9. The van der Waals surface area contributed by atoms with Crippen LogP contribution in [0.3, 0.4) is 0 Å². The van der Waals surface area contributed by atoms with E-state index in [1.807, 2.05) is 0 Å². The maximum atomic E-state index is 10.5. The molecule has 0 amide bonds. The molecule has 0 aromatic heterocycles. The van der Waals surface area contributed by atoms with Crippen LogP contribution in [0.2, 0.25) is 0 Å². The fraction of sp³-hybridized carbons (Fsp3) is 0.945. The fourth-order valence-corrected chi connectivity index (χ4v) is 18.9. The van der Waals surface area contributed by atoms with Crippen LogP contribution in [0, 0.1) is 0 Å². The van der Waals surface area contributed by atoms with E-state index in [0.717, 1.165) is 96.3 Å². The van der Waals surface area contributed by atoms with Crippen LogP contribution in [0.4, 0.5) is 0 Å². The molecule has 0 aliphatic rings. The lowest BCUT2D eigenvalue weighted by Crippen LogP contribution is -2.18.